The van der Waals surface area contributed by atoms with Gasteiger partial charge >= 0.3 is 0 Å². The molecule has 1 N–H and O–H groups in total. The molecule has 0 aromatic carbocycles. The molecule has 4 rings (SSSR count). The monoisotopic (exact) mass is 393 g/mol. The summed E-state index contributed by atoms with van der Waals surface area (Å²) in [6, 6.07) is 11.3. The van der Waals surface area contributed by atoms with Gasteiger partial charge in [0, 0.05) is 35.5 Å². The van der Waals surface area contributed by atoms with Crippen molar-refractivity contribution in [1.29, 1.82) is 0 Å². The molecule has 4 aromatic rings. The molecular weight excluding hydrogens is 374 g/mol. The molecule has 7 nitrogen and oxygen atoms in total. The summed E-state index contributed by atoms with van der Waals surface area (Å²) in [4.78, 5) is 18.6. The molecule has 0 saturated carbocycles. The lowest BCUT2D eigenvalue weighted by Crippen LogP contribution is -2.31. The Balaban J connectivity index is 1.58. The fraction of sp³-hybridized carbons (Fsp3) is 0.200. The van der Waals surface area contributed by atoms with Crippen molar-refractivity contribution >= 4 is 17.2 Å². The zero-order chi connectivity index (χ0) is 19.3. The molecule has 0 aliphatic heterocycles. The molecule has 28 heavy (non-hydrogen) atoms. The van der Waals surface area contributed by atoms with E-state index in [0.29, 0.717) is 18.7 Å². The number of aromatic nitrogens is 4. The summed E-state index contributed by atoms with van der Waals surface area (Å²) in [6.45, 7) is 2.22. The van der Waals surface area contributed by atoms with Gasteiger partial charge in [-0.25, -0.2) is 0 Å². The summed E-state index contributed by atoms with van der Waals surface area (Å²) in [5, 5.41) is 13.3. The molecule has 142 valence electrons. The number of rotatable bonds is 7. The molecule has 4 aromatic heterocycles. The quantitative estimate of drug-likeness (QED) is 0.520. The van der Waals surface area contributed by atoms with Crippen LogP contribution in [-0.4, -0.2) is 25.8 Å². The Hall–Kier alpha value is -3.26. The molecule has 0 aliphatic rings. The van der Waals surface area contributed by atoms with Crippen LogP contribution >= 0.6 is 11.3 Å². The molecule has 1 atom stereocenters. The number of carbonyl (C=O) groups is 1. The second kappa shape index (κ2) is 8.18. The van der Waals surface area contributed by atoms with Gasteiger partial charge in [0.15, 0.2) is 5.69 Å². The minimum Gasteiger partial charge on any atom is -0.361 e. The first-order valence-electron chi connectivity index (χ1n) is 8.87. The van der Waals surface area contributed by atoms with E-state index in [1.165, 1.54) is 4.88 Å². The van der Waals surface area contributed by atoms with E-state index in [0.717, 1.165) is 11.3 Å². The second-order valence-electron chi connectivity index (χ2n) is 6.33. The summed E-state index contributed by atoms with van der Waals surface area (Å²) in [6.07, 6.45) is 5.92. The Morgan fingerprint density at radius 2 is 2.18 bits per heavy atom. The van der Waals surface area contributed by atoms with Crippen LogP contribution in [0.3, 0.4) is 0 Å². The van der Waals surface area contributed by atoms with E-state index < -0.39 is 0 Å². The minimum atomic E-state index is -0.286. The molecule has 0 radical (unpaired) electrons. The van der Waals surface area contributed by atoms with Crippen molar-refractivity contribution in [3.05, 3.63) is 88.0 Å². The van der Waals surface area contributed by atoms with Crippen molar-refractivity contribution in [1.82, 2.24) is 25.2 Å². The summed E-state index contributed by atoms with van der Waals surface area (Å²) < 4.78 is 7.03. The van der Waals surface area contributed by atoms with E-state index in [4.69, 9.17) is 4.52 Å². The minimum absolute atomic E-state index is 0.262. The van der Waals surface area contributed by atoms with Crippen molar-refractivity contribution in [2.75, 3.05) is 0 Å². The van der Waals surface area contributed by atoms with E-state index in [9.17, 15) is 4.79 Å². The molecule has 0 unspecified atom stereocenters. The Kier molecular flexibility index (Phi) is 5.29. The maximum Gasteiger partial charge on any atom is 0.274 e. The summed E-state index contributed by atoms with van der Waals surface area (Å²) >= 11 is 1.65. The van der Waals surface area contributed by atoms with Crippen LogP contribution < -0.4 is 5.32 Å². The van der Waals surface area contributed by atoms with Crippen LogP contribution in [-0.2, 0) is 13.0 Å². The lowest BCUT2D eigenvalue weighted by Gasteiger charge is -2.17. The first kappa shape index (κ1) is 18.1. The highest BCUT2D eigenvalue weighted by Crippen LogP contribution is 2.22. The van der Waals surface area contributed by atoms with Gasteiger partial charge < -0.3 is 9.84 Å². The van der Waals surface area contributed by atoms with E-state index in [-0.39, 0.29) is 17.6 Å². The maximum atomic E-state index is 13.0. The van der Waals surface area contributed by atoms with Crippen LogP contribution in [0.2, 0.25) is 0 Å². The number of pyridine rings is 1. The molecule has 0 bridgehead atoms. The highest BCUT2D eigenvalue weighted by atomic mass is 32.1. The third-order valence-electron chi connectivity index (χ3n) is 4.41. The zero-order valence-corrected chi connectivity index (χ0v) is 16.1. The van der Waals surface area contributed by atoms with Gasteiger partial charge in [-0.15, -0.1) is 11.3 Å². The summed E-state index contributed by atoms with van der Waals surface area (Å²) in [7, 11) is 0. The number of thiophene rings is 1. The topological polar surface area (TPSA) is 85.8 Å². The van der Waals surface area contributed by atoms with Gasteiger partial charge in [0.1, 0.15) is 5.76 Å². The number of carbonyl (C=O) groups excluding carboxylic acids is 1. The van der Waals surface area contributed by atoms with Gasteiger partial charge in [0.2, 0.25) is 0 Å². The third kappa shape index (κ3) is 4.01. The van der Waals surface area contributed by atoms with Crippen LogP contribution in [0.1, 0.15) is 38.4 Å². The standard InChI is InChI=1S/C20H19N5O2S/c1-14-16(13-25-10-5-9-22-25)19(24-27-14)20(26)23-18(12-15-6-4-11-28-15)17-7-2-3-8-21-17/h2-11,18H,12-13H2,1H3,(H,23,26)/t18-/m0/s1. The molecule has 4 heterocycles. The number of amides is 1. The normalized spacial score (nSPS) is 12.0. The van der Waals surface area contributed by atoms with Gasteiger partial charge in [-0.2, -0.15) is 5.10 Å². The number of nitrogens with one attached hydrogen (secondary N) is 1. The van der Waals surface area contributed by atoms with Crippen LogP contribution in [0.4, 0.5) is 0 Å². The van der Waals surface area contributed by atoms with Crippen molar-refractivity contribution in [3.63, 3.8) is 0 Å². The molecule has 0 fully saturated rings. The Morgan fingerprint density at radius 3 is 2.89 bits per heavy atom. The van der Waals surface area contributed by atoms with Gasteiger partial charge in [-0.3, -0.25) is 14.5 Å². The lowest BCUT2D eigenvalue weighted by molar-refractivity contribution is 0.0925. The van der Waals surface area contributed by atoms with Crippen LogP contribution in [0.15, 0.2) is 64.9 Å². The first-order chi connectivity index (χ1) is 13.7. The Morgan fingerprint density at radius 1 is 1.25 bits per heavy atom. The predicted molar refractivity (Wildman–Crippen MR) is 105 cm³/mol. The van der Waals surface area contributed by atoms with Gasteiger partial charge in [-0.05, 0) is 36.6 Å². The average Bonchev–Trinajstić information content (AvgIpc) is 3.46. The van der Waals surface area contributed by atoms with Crippen molar-refractivity contribution < 1.29 is 9.32 Å². The largest absolute Gasteiger partial charge is 0.361 e. The van der Waals surface area contributed by atoms with Crippen LogP contribution in [0, 0.1) is 6.92 Å². The van der Waals surface area contributed by atoms with Gasteiger partial charge in [-0.1, -0.05) is 17.3 Å². The molecule has 1 amide bonds. The third-order valence-corrected chi connectivity index (χ3v) is 5.31. The molecule has 0 spiro atoms. The fourth-order valence-electron chi connectivity index (χ4n) is 2.98. The Labute approximate surface area is 166 Å². The maximum absolute atomic E-state index is 13.0. The summed E-state index contributed by atoms with van der Waals surface area (Å²) in [5.74, 6) is 0.319. The van der Waals surface area contributed by atoms with E-state index in [2.05, 4.69) is 26.6 Å². The molecular formula is C20H19N5O2S. The van der Waals surface area contributed by atoms with Crippen molar-refractivity contribution in [3.8, 4) is 0 Å². The highest BCUT2D eigenvalue weighted by molar-refractivity contribution is 7.09. The number of hydrogen-bond donors (Lipinski definition) is 1. The van der Waals surface area contributed by atoms with Crippen LogP contribution in [0.5, 0.6) is 0 Å². The lowest BCUT2D eigenvalue weighted by atomic mass is 10.1. The average molecular weight is 393 g/mol. The zero-order valence-electron chi connectivity index (χ0n) is 15.3. The highest BCUT2D eigenvalue weighted by Gasteiger charge is 2.24. The van der Waals surface area contributed by atoms with E-state index in [1.807, 2.05) is 41.9 Å². The van der Waals surface area contributed by atoms with Gasteiger partial charge in [0.25, 0.3) is 5.91 Å². The smallest absolute Gasteiger partial charge is 0.274 e. The van der Waals surface area contributed by atoms with E-state index in [1.54, 1.807) is 35.3 Å². The Bertz CT molecular complexity index is 1030. The van der Waals surface area contributed by atoms with Gasteiger partial charge in [0.05, 0.1) is 18.3 Å². The number of hydrogen-bond acceptors (Lipinski definition) is 6. The fourth-order valence-corrected chi connectivity index (χ4v) is 3.73. The first-order valence-corrected chi connectivity index (χ1v) is 9.75. The van der Waals surface area contributed by atoms with Crippen molar-refractivity contribution in [2.24, 2.45) is 0 Å². The number of nitrogens with zero attached hydrogens (tertiary/aromatic N) is 4. The predicted octanol–water partition coefficient (Wildman–Crippen LogP) is 3.40. The molecule has 0 aliphatic carbocycles. The van der Waals surface area contributed by atoms with Crippen LogP contribution in [0.25, 0.3) is 0 Å². The van der Waals surface area contributed by atoms with E-state index >= 15 is 0 Å². The molecule has 8 heteroatoms. The molecule has 0 saturated heterocycles. The SMILES string of the molecule is Cc1onc(C(=O)N[C@@H](Cc2cccs2)c2ccccn2)c1Cn1cccn1. The number of aryl methyl sites for hydroxylation is 1. The second-order valence-corrected chi connectivity index (χ2v) is 7.37. The van der Waals surface area contributed by atoms with Crippen molar-refractivity contribution in [2.45, 2.75) is 25.9 Å². The summed E-state index contributed by atoms with van der Waals surface area (Å²) in [5.41, 5.74) is 1.80.